The van der Waals surface area contributed by atoms with Gasteiger partial charge >= 0.3 is 0 Å². The van der Waals surface area contributed by atoms with E-state index >= 15 is 0 Å². The lowest BCUT2D eigenvalue weighted by molar-refractivity contribution is 0.690. The molecule has 0 radical (unpaired) electrons. The molecule has 0 unspecified atom stereocenters. The summed E-state index contributed by atoms with van der Waals surface area (Å²) in [7, 11) is 2.00. The standard InChI is InChI=1S/C16H22N2S/c1-13-7-8-16(19-13)12-18-11-15-6-4-3-5-14(15)9-10-17-2/h3-8,17-18H,9-12H2,1-2H3. The van der Waals surface area contributed by atoms with Crippen LogP contribution in [0.3, 0.4) is 0 Å². The van der Waals surface area contributed by atoms with Crippen molar-refractivity contribution >= 4 is 11.3 Å². The number of aryl methyl sites for hydroxylation is 1. The predicted molar refractivity (Wildman–Crippen MR) is 83.7 cm³/mol. The summed E-state index contributed by atoms with van der Waals surface area (Å²) in [6.45, 7) is 5.08. The summed E-state index contributed by atoms with van der Waals surface area (Å²) < 4.78 is 0. The van der Waals surface area contributed by atoms with E-state index in [1.807, 2.05) is 18.4 Å². The first-order chi connectivity index (χ1) is 9.29. The number of thiophene rings is 1. The molecule has 0 amide bonds. The molecule has 0 bridgehead atoms. The Balaban J connectivity index is 1.88. The first-order valence-corrected chi connectivity index (χ1v) is 7.58. The predicted octanol–water partition coefficient (Wildman–Crippen LogP) is 3.11. The van der Waals surface area contributed by atoms with Crippen LogP contribution in [0.4, 0.5) is 0 Å². The van der Waals surface area contributed by atoms with Crippen molar-refractivity contribution in [3.8, 4) is 0 Å². The SMILES string of the molecule is CNCCc1ccccc1CNCc1ccc(C)s1. The Morgan fingerprint density at radius 1 is 1.00 bits per heavy atom. The molecule has 0 atom stereocenters. The van der Waals surface area contributed by atoms with Crippen LogP contribution < -0.4 is 10.6 Å². The molecule has 0 aliphatic heterocycles. The number of benzene rings is 1. The van der Waals surface area contributed by atoms with Gasteiger partial charge in [0.25, 0.3) is 0 Å². The Hall–Kier alpha value is -1.16. The van der Waals surface area contributed by atoms with E-state index in [9.17, 15) is 0 Å². The summed E-state index contributed by atoms with van der Waals surface area (Å²) in [5, 5.41) is 6.75. The topological polar surface area (TPSA) is 24.1 Å². The van der Waals surface area contributed by atoms with E-state index in [-0.39, 0.29) is 0 Å². The molecule has 102 valence electrons. The van der Waals surface area contributed by atoms with Crippen LogP contribution in [0.5, 0.6) is 0 Å². The molecule has 2 N–H and O–H groups in total. The normalized spacial score (nSPS) is 10.8. The van der Waals surface area contributed by atoms with E-state index < -0.39 is 0 Å². The quantitative estimate of drug-likeness (QED) is 0.810. The smallest absolute Gasteiger partial charge is 0.0303 e. The maximum atomic E-state index is 3.54. The third-order valence-corrected chi connectivity index (χ3v) is 4.17. The largest absolute Gasteiger partial charge is 0.319 e. The van der Waals surface area contributed by atoms with E-state index in [1.165, 1.54) is 20.9 Å². The lowest BCUT2D eigenvalue weighted by atomic mass is 10.0. The van der Waals surface area contributed by atoms with E-state index in [0.29, 0.717) is 0 Å². The fourth-order valence-electron chi connectivity index (χ4n) is 2.13. The Kier molecular flexibility index (Phi) is 5.58. The molecule has 1 aromatic carbocycles. The molecule has 1 heterocycles. The van der Waals surface area contributed by atoms with Crippen molar-refractivity contribution < 1.29 is 0 Å². The number of hydrogen-bond donors (Lipinski definition) is 2. The number of likely N-dealkylation sites (N-methyl/N-ethyl adjacent to an activating group) is 1. The molecule has 0 saturated heterocycles. The summed E-state index contributed by atoms with van der Waals surface area (Å²) in [5.74, 6) is 0. The van der Waals surface area contributed by atoms with Gasteiger partial charge in [-0.2, -0.15) is 0 Å². The van der Waals surface area contributed by atoms with E-state index in [0.717, 1.165) is 26.1 Å². The van der Waals surface area contributed by atoms with Gasteiger partial charge in [0.15, 0.2) is 0 Å². The molecule has 1 aromatic heterocycles. The molecular formula is C16H22N2S. The van der Waals surface area contributed by atoms with Crippen molar-refractivity contribution in [1.29, 1.82) is 0 Å². The fourth-order valence-corrected chi connectivity index (χ4v) is 2.99. The highest BCUT2D eigenvalue weighted by molar-refractivity contribution is 7.11. The van der Waals surface area contributed by atoms with Crippen molar-refractivity contribution in [3.63, 3.8) is 0 Å². The Morgan fingerprint density at radius 3 is 2.47 bits per heavy atom. The highest BCUT2D eigenvalue weighted by Gasteiger charge is 2.02. The van der Waals surface area contributed by atoms with Crippen molar-refractivity contribution in [2.45, 2.75) is 26.4 Å². The van der Waals surface area contributed by atoms with Gasteiger partial charge in [0.05, 0.1) is 0 Å². The molecule has 2 rings (SSSR count). The molecular weight excluding hydrogens is 252 g/mol. The average Bonchev–Trinajstić information content (AvgIpc) is 2.83. The maximum absolute atomic E-state index is 3.54. The minimum Gasteiger partial charge on any atom is -0.319 e. The van der Waals surface area contributed by atoms with Crippen LogP contribution in [0.15, 0.2) is 36.4 Å². The Labute approximate surface area is 119 Å². The van der Waals surface area contributed by atoms with Crippen molar-refractivity contribution in [1.82, 2.24) is 10.6 Å². The second-order valence-electron chi connectivity index (χ2n) is 4.74. The van der Waals surface area contributed by atoms with Gasteiger partial charge < -0.3 is 10.6 Å². The van der Waals surface area contributed by atoms with Crippen LogP contribution in [-0.2, 0) is 19.5 Å². The summed E-state index contributed by atoms with van der Waals surface area (Å²) in [5.41, 5.74) is 2.85. The number of hydrogen-bond acceptors (Lipinski definition) is 3. The molecule has 19 heavy (non-hydrogen) atoms. The van der Waals surface area contributed by atoms with Gasteiger partial charge in [-0.05, 0) is 50.2 Å². The molecule has 3 heteroatoms. The molecule has 2 aromatic rings. The molecule has 0 aliphatic carbocycles. The van der Waals surface area contributed by atoms with Gasteiger partial charge in [0.2, 0.25) is 0 Å². The minimum absolute atomic E-state index is 0.941. The highest BCUT2D eigenvalue weighted by Crippen LogP contribution is 2.15. The van der Waals surface area contributed by atoms with Gasteiger partial charge in [0, 0.05) is 22.8 Å². The van der Waals surface area contributed by atoms with E-state index in [2.05, 4.69) is 54.0 Å². The van der Waals surface area contributed by atoms with Gasteiger partial charge in [0.1, 0.15) is 0 Å². The molecule has 2 nitrogen and oxygen atoms in total. The van der Waals surface area contributed by atoms with Gasteiger partial charge in [-0.15, -0.1) is 11.3 Å². The maximum Gasteiger partial charge on any atom is 0.0303 e. The van der Waals surface area contributed by atoms with Crippen LogP contribution in [0.2, 0.25) is 0 Å². The average molecular weight is 274 g/mol. The van der Waals surface area contributed by atoms with Gasteiger partial charge in [-0.1, -0.05) is 24.3 Å². The summed E-state index contributed by atoms with van der Waals surface area (Å²) >= 11 is 1.87. The number of rotatable bonds is 7. The van der Waals surface area contributed by atoms with Gasteiger partial charge in [-0.3, -0.25) is 0 Å². The summed E-state index contributed by atoms with van der Waals surface area (Å²) in [6, 6.07) is 13.1. The molecule has 0 saturated carbocycles. The van der Waals surface area contributed by atoms with Crippen LogP contribution in [0, 0.1) is 6.92 Å². The van der Waals surface area contributed by atoms with Crippen LogP contribution in [0.25, 0.3) is 0 Å². The zero-order valence-corrected chi connectivity index (χ0v) is 12.5. The minimum atomic E-state index is 0.941. The first kappa shape index (κ1) is 14.3. The highest BCUT2D eigenvalue weighted by atomic mass is 32.1. The number of nitrogens with one attached hydrogen (secondary N) is 2. The van der Waals surface area contributed by atoms with Crippen molar-refractivity contribution in [2.24, 2.45) is 0 Å². The second-order valence-corrected chi connectivity index (χ2v) is 6.11. The van der Waals surface area contributed by atoms with Gasteiger partial charge in [-0.25, -0.2) is 0 Å². The van der Waals surface area contributed by atoms with Crippen molar-refractivity contribution in [2.75, 3.05) is 13.6 Å². The summed E-state index contributed by atoms with van der Waals surface area (Å²) in [6.07, 6.45) is 1.09. The molecule has 0 aliphatic rings. The second kappa shape index (κ2) is 7.43. The Morgan fingerprint density at radius 2 is 1.79 bits per heavy atom. The lowest BCUT2D eigenvalue weighted by Gasteiger charge is -2.10. The third-order valence-electron chi connectivity index (χ3n) is 3.17. The van der Waals surface area contributed by atoms with E-state index in [1.54, 1.807) is 0 Å². The van der Waals surface area contributed by atoms with Crippen LogP contribution in [-0.4, -0.2) is 13.6 Å². The Bertz CT molecular complexity index is 505. The lowest BCUT2D eigenvalue weighted by Crippen LogP contribution is -2.15. The first-order valence-electron chi connectivity index (χ1n) is 6.77. The van der Waals surface area contributed by atoms with Crippen LogP contribution >= 0.6 is 11.3 Å². The van der Waals surface area contributed by atoms with E-state index in [4.69, 9.17) is 0 Å². The molecule has 0 fully saturated rings. The molecule has 0 spiro atoms. The zero-order valence-electron chi connectivity index (χ0n) is 11.7. The zero-order chi connectivity index (χ0) is 13.5. The third kappa shape index (κ3) is 4.46. The summed E-state index contributed by atoms with van der Waals surface area (Å²) in [4.78, 5) is 2.79. The fraction of sp³-hybridized carbons (Fsp3) is 0.375. The van der Waals surface area contributed by atoms with Crippen LogP contribution in [0.1, 0.15) is 20.9 Å². The van der Waals surface area contributed by atoms with Crippen molar-refractivity contribution in [3.05, 3.63) is 57.3 Å². The monoisotopic (exact) mass is 274 g/mol.